The first-order valence-corrected chi connectivity index (χ1v) is 13.7. The van der Waals surface area contributed by atoms with Crippen LogP contribution >= 0.6 is 0 Å². The first-order chi connectivity index (χ1) is 7.40. The first-order valence-electron chi connectivity index (χ1n) is 5.51. The molecule has 0 atom stereocenters. The van der Waals surface area contributed by atoms with Crippen molar-refractivity contribution in [2.24, 2.45) is 5.92 Å². The van der Waals surface area contributed by atoms with Crippen LogP contribution in [-0.4, -0.2) is 40.8 Å². The zero-order valence-corrected chi connectivity index (χ0v) is 13.5. The Balaban J connectivity index is 3.13. The molecule has 1 aromatic heterocycles. The zero-order chi connectivity index (χ0) is 12.3. The van der Waals surface area contributed by atoms with Crippen molar-refractivity contribution in [1.29, 1.82) is 0 Å². The molecule has 5 heteroatoms. The number of nitrogens with zero attached hydrogens (tertiary/aromatic N) is 2. The summed E-state index contributed by atoms with van der Waals surface area (Å²) in [6.45, 7) is 4.20. The number of carbonyl (C=O) groups is 1. The van der Waals surface area contributed by atoms with Crippen LogP contribution in [0.3, 0.4) is 0 Å². The number of hydrogen-bond donors (Lipinski definition) is 1. The van der Waals surface area contributed by atoms with E-state index in [-0.39, 0.29) is 5.69 Å². The summed E-state index contributed by atoms with van der Waals surface area (Å²) in [5, 5.41) is 8.98. The van der Waals surface area contributed by atoms with E-state index >= 15 is 0 Å². The van der Waals surface area contributed by atoms with Crippen molar-refractivity contribution in [1.82, 2.24) is 9.97 Å². The van der Waals surface area contributed by atoms with Gasteiger partial charge >= 0.3 is 103 Å². The van der Waals surface area contributed by atoms with Crippen molar-refractivity contribution in [2.45, 2.75) is 30.1 Å². The molecule has 88 valence electrons. The van der Waals surface area contributed by atoms with Gasteiger partial charge in [-0.2, -0.15) is 0 Å². The number of hydrogen-bond acceptors (Lipinski definition) is 3. The van der Waals surface area contributed by atoms with Crippen molar-refractivity contribution in [2.75, 3.05) is 0 Å². The second-order valence-electron chi connectivity index (χ2n) is 4.66. The minimum atomic E-state index is -1.82. The van der Waals surface area contributed by atoms with Gasteiger partial charge in [-0.25, -0.2) is 0 Å². The van der Waals surface area contributed by atoms with Crippen molar-refractivity contribution < 1.29 is 9.90 Å². The van der Waals surface area contributed by atoms with Crippen LogP contribution in [0.1, 0.15) is 30.0 Å². The Morgan fingerprint density at radius 3 is 2.50 bits per heavy atom. The molecule has 1 rings (SSSR count). The monoisotopic (exact) mass is 330 g/mol. The fraction of sp³-hybridized carbons (Fsp3) is 0.545. The molecule has 16 heavy (non-hydrogen) atoms. The summed E-state index contributed by atoms with van der Waals surface area (Å²) >= 11 is -1.82. The van der Waals surface area contributed by atoms with E-state index in [1.165, 1.54) is 0 Å². The van der Waals surface area contributed by atoms with Crippen LogP contribution < -0.4 is 3.84 Å². The molecule has 0 aliphatic rings. The van der Waals surface area contributed by atoms with E-state index < -0.39 is 25.7 Å². The van der Waals surface area contributed by atoms with Gasteiger partial charge in [0.1, 0.15) is 0 Å². The molecule has 1 N–H and O–H groups in total. The van der Waals surface area contributed by atoms with Gasteiger partial charge in [0.25, 0.3) is 0 Å². The molecule has 0 bridgehead atoms. The van der Waals surface area contributed by atoms with Gasteiger partial charge in [-0.15, -0.1) is 0 Å². The van der Waals surface area contributed by atoms with E-state index in [2.05, 4.69) is 33.7 Å². The van der Waals surface area contributed by atoms with Gasteiger partial charge in [0.15, 0.2) is 0 Å². The van der Waals surface area contributed by atoms with Crippen molar-refractivity contribution in [3.63, 3.8) is 0 Å². The standard InChI is InChI=1S/C9H11N2O2.2CH3.Sn.H/c1-6(2)3-7-4-8(9(12)13)11-5-10-7;;;;/h4,6H,3H2,1-2H3,(H,12,13);2*1H3;;. The van der Waals surface area contributed by atoms with Gasteiger partial charge in [-0.3, -0.25) is 0 Å². The van der Waals surface area contributed by atoms with Crippen molar-refractivity contribution in [3.8, 4) is 0 Å². The molecule has 0 spiro atoms. The van der Waals surface area contributed by atoms with Crippen molar-refractivity contribution >= 4 is 29.6 Å². The molecular weight excluding hydrogens is 311 g/mol. The Hall–Kier alpha value is -0.651. The quantitative estimate of drug-likeness (QED) is 0.840. The molecule has 0 unspecified atom stereocenters. The maximum absolute atomic E-state index is 10.9. The van der Waals surface area contributed by atoms with Crippen molar-refractivity contribution in [3.05, 3.63) is 17.5 Å². The van der Waals surface area contributed by atoms with Gasteiger partial charge in [-0.05, 0) is 0 Å². The first kappa shape index (κ1) is 13.4. The van der Waals surface area contributed by atoms with E-state index in [9.17, 15) is 4.79 Å². The molecule has 0 saturated heterocycles. The molecular formula is C11H18N2O2Sn. The predicted molar refractivity (Wildman–Crippen MR) is 66.0 cm³/mol. The predicted octanol–water partition coefficient (Wildman–Crippen LogP) is 1.07. The van der Waals surface area contributed by atoms with Gasteiger partial charge in [0.2, 0.25) is 0 Å². The Bertz CT molecular complexity index is 392. The number of aromatic carboxylic acids is 1. The Labute approximate surface area is 103 Å². The summed E-state index contributed by atoms with van der Waals surface area (Å²) in [7, 11) is 0. The van der Waals surface area contributed by atoms with Crippen LogP contribution in [0.5, 0.6) is 0 Å². The molecule has 1 aromatic rings. The second kappa shape index (κ2) is 5.61. The third-order valence-corrected chi connectivity index (χ3v) is 5.83. The summed E-state index contributed by atoms with van der Waals surface area (Å²) in [4.78, 5) is 23.9. The van der Waals surface area contributed by atoms with Gasteiger partial charge in [0, 0.05) is 0 Å². The van der Waals surface area contributed by atoms with E-state index in [1.54, 1.807) is 6.07 Å². The molecule has 0 amide bonds. The van der Waals surface area contributed by atoms with E-state index in [1.807, 2.05) is 0 Å². The topological polar surface area (TPSA) is 63.1 Å². The summed E-state index contributed by atoms with van der Waals surface area (Å²) in [5.74, 6) is -0.479. The summed E-state index contributed by atoms with van der Waals surface area (Å²) in [6, 6.07) is 1.60. The van der Waals surface area contributed by atoms with Gasteiger partial charge in [0.05, 0.1) is 0 Å². The van der Waals surface area contributed by atoms with Crippen LogP contribution in [0, 0.1) is 5.92 Å². The Morgan fingerprint density at radius 2 is 2.06 bits per heavy atom. The third kappa shape index (κ3) is 3.73. The molecule has 0 aliphatic carbocycles. The molecule has 0 aliphatic heterocycles. The van der Waals surface area contributed by atoms with E-state index in [0.29, 0.717) is 5.92 Å². The van der Waals surface area contributed by atoms with Crippen LogP contribution in [0.2, 0.25) is 9.88 Å². The third-order valence-electron chi connectivity index (χ3n) is 2.15. The summed E-state index contributed by atoms with van der Waals surface area (Å²) in [5.41, 5.74) is 1.01. The van der Waals surface area contributed by atoms with E-state index in [0.717, 1.165) is 16.0 Å². The van der Waals surface area contributed by atoms with Gasteiger partial charge < -0.3 is 0 Å². The number of carboxylic acids is 1. The molecule has 0 saturated carbocycles. The van der Waals surface area contributed by atoms with Gasteiger partial charge in [-0.1, -0.05) is 0 Å². The molecule has 0 fully saturated rings. The zero-order valence-electron chi connectivity index (χ0n) is 10.2. The average Bonchev–Trinajstić information content (AvgIpc) is 2.15. The fourth-order valence-corrected chi connectivity index (χ4v) is 3.75. The number of carboxylic acid groups (broad SMARTS) is 1. The molecule has 1 heterocycles. The van der Waals surface area contributed by atoms with Crippen LogP contribution in [-0.2, 0) is 6.42 Å². The van der Waals surface area contributed by atoms with E-state index in [4.69, 9.17) is 5.11 Å². The summed E-state index contributed by atoms with van der Waals surface area (Å²) in [6.07, 6.45) is 0.814. The SMILES string of the molecule is CC(C)Cc1cc(C(=O)O)n[c]([SnH]([CH3])[CH3])n1. The normalized spacial score (nSPS) is 11.1. The average molecular weight is 329 g/mol. The number of rotatable bonds is 4. The minimum absolute atomic E-state index is 0.144. The van der Waals surface area contributed by atoms with Crippen LogP contribution in [0.25, 0.3) is 0 Å². The maximum atomic E-state index is 10.9. The summed E-state index contributed by atoms with van der Waals surface area (Å²) < 4.78 is 0.817. The Kier molecular flexibility index (Phi) is 4.70. The molecule has 4 nitrogen and oxygen atoms in total. The van der Waals surface area contributed by atoms with Crippen LogP contribution in [0.4, 0.5) is 0 Å². The molecule has 0 aromatic carbocycles. The number of aromatic nitrogens is 2. The van der Waals surface area contributed by atoms with Crippen LogP contribution in [0.15, 0.2) is 6.07 Å². The molecule has 0 radical (unpaired) electrons. The Morgan fingerprint density at radius 1 is 1.44 bits per heavy atom. The fourth-order valence-electron chi connectivity index (χ4n) is 1.41. The second-order valence-corrected chi connectivity index (χ2v) is 12.7.